The topological polar surface area (TPSA) is 69.7 Å². The van der Waals surface area contributed by atoms with Crippen LogP contribution in [-0.2, 0) is 0 Å². The molecule has 0 atom stereocenters. The fraction of sp³-hybridized carbons (Fsp3) is 0.429. The van der Waals surface area contributed by atoms with Gasteiger partial charge in [0.2, 0.25) is 0 Å². The number of aromatic nitrogens is 1. The fourth-order valence-corrected chi connectivity index (χ4v) is 3.32. The minimum Gasteiger partial charge on any atom is -0.493 e. The lowest BCUT2D eigenvalue weighted by molar-refractivity contribution is 0.102. The summed E-state index contributed by atoms with van der Waals surface area (Å²) in [6, 6.07) is 8.66. The van der Waals surface area contributed by atoms with Crippen molar-refractivity contribution in [3.8, 4) is 17.2 Å². The largest absolute Gasteiger partial charge is 0.493 e. The Morgan fingerprint density at radius 2 is 1.85 bits per heavy atom. The highest BCUT2D eigenvalue weighted by molar-refractivity contribution is 6.04. The number of carbonyl (C=O) groups excluding carboxylic acids is 1. The zero-order chi connectivity index (χ0) is 19.1. The minimum absolute atomic E-state index is 0.280. The van der Waals surface area contributed by atoms with E-state index >= 15 is 0 Å². The lowest BCUT2D eigenvalue weighted by atomic mass is 9.90. The molecule has 1 N–H and O–H groups in total. The number of rotatable bonds is 7. The predicted molar refractivity (Wildman–Crippen MR) is 104 cm³/mol. The highest BCUT2D eigenvalue weighted by atomic mass is 16.5. The van der Waals surface area contributed by atoms with E-state index < -0.39 is 0 Å². The van der Waals surface area contributed by atoms with Crippen molar-refractivity contribution in [2.75, 3.05) is 26.1 Å². The average molecular weight is 370 g/mol. The summed E-state index contributed by atoms with van der Waals surface area (Å²) < 4.78 is 16.4. The molecule has 0 saturated heterocycles. The molecule has 144 valence electrons. The van der Waals surface area contributed by atoms with Crippen LogP contribution < -0.4 is 19.5 Å². The molecule has 1 fully saturated rings. The molecule has 1 aromatic heterocycles. The highest BCUT2D eigenvalue weighted by Gasteiger charge is 2.17. The summed E-state index contributed by atoms with van der Waals surface area (Å²) in [5.41, 5.74) is 0.455. The number of nitrogens with one attached hydrogen (secondary N) is 1. The van der Waals surface area contributed by atoms with Crippen LogP contribution in [-0.4, -0.2) is 31.7 Å². The smallest absolute Gasteiger partial charge is 0.257 e. The molecule has 3 rings (SSSR count). The molecule has 27 heavy (non-hydrogen) atoms. The highest BCUT2D eigenvalue weighted by Crippen LogP contribution is 2.29. The molecule has 2 aromatic rings. The van der Waals surface area contributed by atoms with Crippen molar-refractivity contribution in [3.63, 3.8) is 0 Å². The molecule has 0 unspecified atom stereocenters. The predicted octanol–water partition coefficient (Wildman–Crippen LogP) is 4.31. The first-order chi connectivity index (χ1) is 13.2. The Hall–Kier alpha value is -2.76. The number of nitrogens with zero attached hydrogens (tertiary/aromatic N) is 1. The molecular formula is C21H26N2O4. The molecule has 0 bridgehead atoms. The summed E-state index contributed by atoms with van der Waals surface area (Å²) in [5.74, 6) is 2.39. The molecule has 1 saturated carbocycles. The second-order valence-corrected chi connectivity index (χ2v) is 6.69. The Kier molecular flexibility index (Phi) is 6.52. The number of hydrogen-bond donors (Lipinski definition) is 1. The van der Waals surface area contributed by atoms with Crippen LogP contribution in [0.4, 0.5) is 5.82 Å². The van der Waals surface area contributed by atoms with Gasteiger partial charge in [0.05, 0.1) is 20.8 Å². The molecule has 0 aliphatic heterocycles. The van der Waals surface area contributed by atoms with E-state index in [9.17, 15) is 4.79 Å². The summed E-state index contributed by atoms with van der Waals surface area (Å²) in [5, 5.41) is 2.83. The number of benzene rings is 1. The second kappa shape index (κ2) is 9.26. The minimum atomic E-state index is -0.280. The Morgan fingerprint density at radius 3 is 2.59 bits per heavy atom. The first kappa shape index (κ1) is 19.0. The van der Waals surface area contributed by atoms with Crippen LogP contribution in [0.1, 0.15) is 42.5 Å². The molecular weight excluding hydrogens is 344 g/mol. The molecule has 1 aromatic carbocycles. The molecule has 1 amide bonds. The standard InChI is InChI=1S/C21H26N2O4/c1-25-17-11-10-16(13-19(17)26-2)21(24)23-20-18(9-6-12-22-20)27-14-15-7-4-3-5-8-15/h6,9-13,15H,3-5,7-8,14H2,1-2H3,(H,22,23,24). The quantitative estimate of drug-likeness (QED) is 0.786. The summed E-state index contributed by atoms with van der Waals surface area (Å²) in [4.78, 5) is 16.9. The molecule has 1 aliphatic carbocycles. The SMILES string of the molecule is COc1ccc(C(=O)Nc2ncccc2OCC2CCCCC2)cc1OC. The third-order valence-electron chi connectivity index (χ3n) is 4.85. The van der Waals surface area contributed by atoms with E-state index in [-0.39, 0.29) is 5.91 Å². The zero-order valence-electron chi connectivity index (χ0n) is 15.9. The van der Waals surface area contributed by atoms with Gasteiger partial charge in [-0.25, -0.2) is 4.98 Å². The second-order valence-electron chi connectivity index (χ2n) is 6.69. The monoisotopic (exact) mass is 370 g/mol. The van der Waals surface area contributed by atoms with Crippen molar-refractivity contribution < 1.29 is 19.0 Å². The Labute approximate surface area is 159 Å². The number of pyridine rings is 1. The number of amides is 1. The first-order valence-corrected chi connectivity index (χ1v) is 9.32. The van der Waals surface area contributed by atoms with Crippen LogP contribution in [0.2, 0.25) is 0 Å². The number of hydrogen-bond acceptors (Lipinski definition) is 5. The first-order valence-electron chi connectivity index (χ1n) is 9.32. The van der Waals surface area contributed by atoms with E-state index in [0.29, 0.717) is 41.2 Å². The summed E-state index contributed by atoms with van der Waals surface area (Å²) in [6.45, 7) is 0.658. The molecule has 6 nitrogen and oxygen atoms in total. The third kappa shape index (κ3) is 4.90. The van der Waals surface area contributed by atoms with Gasteiger partial charge in [0.1, 0.15) is 0 Å². The van der Waals surface area contributed by atoms with Gasteiger partial charge in [0.25, 0.3) is 5.91 Å². The maximum atomic E-state index is 12.6. The normalized spacial score (nSPS) is 14.4. The molecule has 1 heterocycles. The third-order valence-corrected chi connectivity index (χ3v) is 4.85. The van der Waals surface area contributed by atoms with Gasteiger partial charge in [-0.2, -0.15) is 0 Å². The van der Waals surface area contributed by atoms with Gasteiger partial charge in [0.15, 0.2) is 23.1 Å². The van der Waals surface area contributed by atoms with Gasteiger partial charge in [-0.15, -0.1) is 0 Å². The van der Waals surface area contributed by atoms with E-state index in [0.717, 1.165) is 0 Å². The van der Waals surface area contributed by atoms with Crippen LogP contribution >= 0.6 is 0 Å². The van der Waals surface area contributed by atoms with E-state index in [4.69, 9.17) is 14.2 Å². The summed E-state index contributed by atoms with van der Waals surface area (Å²) in [6.07, 6.45) is 7.89. The van der Waals surface area contributed by atoms with Gasteiger partial charge in [0, 0.05) is 11.8 Å². The number of methoxy groups -OCH3 is 2. The fourth-order valence-electron chi connectivity index (χ4n) is 3.32. The Morgan fingerprint density at radius 1 is 1.07 bits per heavy atom. The Balaban J connectivity index is 1.68. The summed E-state index contributed by atoms with van der Waals surface area (Å²) in [7, 11) is 3.09. The zero-order valence-corrected chi connectivity index (χ0v) is 15.9. The van der Waals surface area contributed by atoms with Crippen molar-refractivity contribution in [2.24, 2.45) is 5.92 Å². The van der Waals surface area contributed by atoms with Gasteiger partial charge in [-0.1, -0.05) is 19.3 Å². The van der Waals surface area contributed by atoms with Gasteiger partial charge >= 0.3 is 0 Å². The van der Waals surface area contributed by atoms with Crippen LogP contribution in [0.25, 0.3) is 0 Å². The van der Waals surface area contributed by atoms with E-state index in [2.05, 4.69) is 10.3 Å². The van der Waals surface area contributed by atoms with Gasteiger partial charge < -0.3 is 19.5 Å². The summed E-state index contributed by atoms with van der Waals surface area (Å²) >= 11 is 0. The lowest BCUT2D eigenvalue weighted by Crippen LogP contribution is -2.17. The van der Waals surface area contributed by atoms with Crippen molar-refractivity contribution in [3.05, 3.63) is 42.1 Å². The van der Waals surface area contributed by atoms with Crippen LogP contribution in [0.15, 0.2) is 36.5 Å². The number of anilines is 1. The maximum Gasteiger partial charge on any atom is 0.257 e. The molecule has 0 spiro atoms. The number of carbonyl (C=O) groups is 1. The van der Waals surface area contributed by atoms with Crippen molar-refractivity contribution in [1.29, 1.82) is 0 Å². The van der Waals surface area contributed by atoms with Crippen molar-refractivity contribution >= 4 is 11.7 Å². The van der Waals surface area contributed by atoms with Crippen LogP contribution in [0.3, 0.4) is 0 Å². The lowest BCUT2D eigenvalue weighted by Gasteiger charge is -2.22. The van der Waals surface area contributed by atoms with E-state index in [1.54, 1.807) is 31.5 Å². The maximum absolute atomic E-state index is 12.6. The molecule has 0 radical (unpaired) electrons. The average Bonchev–Trinajstić information content (AvgIpc) is 2.73. The van der Waals surface area contributed by atoms with E-state index in [1.165, 1.54) is 39.2 Å². The van der Waals surface area contributed by atoms with Gasteiger partial charge in [-0.3, -0.25) is 4.79 Å². The van der Waals surface area contributed by atoms with Crippen LogP contribution in [0.5, 0.6) is 17.2 Å². The van der Waals surface area contributed by atoms with Crippen molar-refractivity contribution in [2.45, 2.75) is 32.1 Å². The Bertz CT molecular complexity index is 773. The van der Waals surface area contributed by atoms with E-state index in [1.807, 2.05) is 12.1 Å². The van der Waals surface area contributed by atoms with Gasteiger partial charge in [-0.05, 0) is 49.1 Å². The molecule has 1 aliphatic rings. The molecule has 6 heteroatoms. The number of ether oxygens (including phenoxy) is 3. The van der Waals surface area contributed by atoms with Crippen molar-refractivity contribution in [1.82, 2.24) is 4.98 Å². The van der Waals surface area contributed by atoms with Crippen LogP contribution in [0, 0.1) is 5.92 Å².